The maximum absolute atomic E-state index is 13.0. The van der Waals surface area contributed by atoms with Gasteiger partial charge in [0.2, 0.25) is 0 Å². The second kappa shape index (κ2) is 5.81. The second-order valence-electron chi connectivity index (χ2n) is 7.21. The summed E-state index contributed by atoms with van der Waals surface area (Å²) in [6.45, 7) is 5.70. The summed E-state index contributed by atoms with van der Waals surface area (Å²) in [5.41, 5.74) is 3.86. The molecule has 2 atom stereocenters. The van der Waals surface area contributed by atoms with Gasteiger partial charge in [-0.05, 0) is 44.2 Å². The van der Waals surface area contributed by atoms with Crippen molar-refractivity contribution in [1.82, 2.24) is 9.80 Å². The first-order valence-electron chi connectivity index (χ1n) is 8.76. The average molecular weight is 334 g/mol. The standard InChI is InChI=1S/C21H22N2O2/c1-13-11-23(12-14(2)22(13)3)21(25)15-8-9-17-16-6-4-5-7-18(16)20(24)19(17)10-15/h4-10,13-14H,11-12H2,1-3H3/t13-,14+. The minimum atomic E-state index is 0.0124. The fourth-order valence-electron chi connectivity index (χ4n) is 3.91. The van der Waals surface area contributed by atoms with E-state index in [1.54, 1.807) is 6.07 Å². The molecule has 1 aliphatic carbocycles. The Morgan fingerprint density at radius 1 is 0.920 bits per heavy atom. The fraction of sp³-hybridized carbons (Fsp3) is 0.333. The number of ketones is 1. The Labute approximate surface area is 148 Å². The predicted molar refractivity (Wildman–Crippen MR) is 97.9 cm³/mol. The van der Waals surface area contributed by atoms with E-state index >= 15 is 0 Å². The molecule has 1 fully saturated rings. The van der Waals surface area contributed by atoms with Gasteiger partial charge in [0.15, 0.2) is 5.78 Å². The van der Waals surface area contributed by atoms with Crippen LogP contribution in [0.4, 0.5) is 0 Å². The van der Waals surface area contributed by atoms with Gasteiger partial charge in [0.25, 0.3) is 5.91 Å². The molecule has 0 spiro atoms. The van der Waals surface area contributed by atoms with E-state index in [1.165, 1.54) is 0 Å². The van der Waals surface area contributed by atoms with Crippen LogP contribution in [-0.2, 0) is 0 Å². The average Bonchev–Trinajstić information content (AvgIpc) is 2.91. The number of hydrogen-bond acceptors (Lipinski definition) is 3. The molecule has 0 bridgehead atoms. The molecule has 1 heterocycles. The van der Waals surface area contributed by atoms with Crippen molar-refractivity contribution in [2.24, 2.45) is 0 Å². The van der Waals surface area contributed by atoms with Crippen molar-refractivity contribution in [3.05, 3.63) is 59.2 Å². The molecular weight excluding hydrogens is 312 g/mol. The van der Waals surface area contributed by atoms with Crippen molar-refractivity contribution < 1.29 is 9.59 Å². The van der Waals surface area contributed by atoms with E-state index in [9.17, 15) is 9.59 Å². The van der Waals surface area contributed by atoms with E-state index in [0.717, 1.165) is 16.7 Å². The molecule has 0 aromatic heterocycles. The lowest BCUT2D eigenvalue weighted by Crippen LogP contribution is -2.56. The van der Waals surface area contributed by atoms with Crippen LogP contribution in [0, 0.1) is 0 Å². The smallest absolute Gasteiger partial charge is 0.253 e. The van der Waals surface area contributed by atoms with Crippen LogP contribution in [0.3, 0.4) is 0 Å². The Morgan fingerprint density at radius 3 is 2.20 bits per heavy atom. The highest BCUT2D eigenvalue weighted by atomic mass is 16.2. The van der Waals surface area contributed by atoms with E-state index in [1.807, 2.05) is 41.3 Å². The second-order valence-corrected chi connectivity index (χ2v) is 7.21. The lowest BCUT2D eigenvalue weighted by atomic mass is 10.0. The summed E-state index contributed by atoms with van der Waals surface area (Å²) in [5, 5.41) is 0. The van der Waals surface area contributed by atoms with Crippen LogP contribution in [0.2, 0.25) is 0 Å². The molecule has 128 valence electrons. The molecular formula is C21H22N2O2. The molecule has 1 saturated heterocycles. The van der Waals surface area contributed by atoms with Crippen molar-refractivity contribution in [1.29, 1.82) is 0 Å². The molecule has 0 radical (unpaired) electrons. The number of hydrogen-bond donors (Lipinski definition) is 0. The lowest BCUT2D eigenvalue weighted by Gasteiger charge is -2.42. The maximum atomic E-state index is 13.0. The third-order valence-electron chi connectivity index (χ3n) is 5.62. The highest BCUT2D eigenvalue weighted by Gasteiger charge is 2.31. The zero-order chi connectivity index (χ0) is 17.7. The highest BCUT2D eigenvalue weighted by molar-refractivity contribution is 6.22. The summed E-state index contributed by atoms with van der Waals surface area (Å²) >= 11 is 0. The number of carbonyl (C=O) groups excluding carboxylic acids is 2. The molecule has 0 unspecified atom stereocenters. The maximum Gasteiger partial charge on any atom is 0.253 e. The van der Waals surface area contributed by atoms with Gasteiger partial charge in [0.05, 0.1) is 0 Å². The van der Waals surface area contributed by atoms with Crippen molar-refractivity contribution in [3.8, 4) is 11.1 Å². The number of nitrogens with zero attached hydrogens (tertiary/aromatic N) is 2. The Bertz CT molecular complexity index is 862. The summed E-state index contributed by atoms with van der Waals surface area (Å²) in [5.74, 6) is 0.0266. The quantitative estimate of drug-likeness (QED) is 0.687. The number of carbonyl (C=O) groups is 2. The molecule has 4 nitrogen and oxygen atoms in total. The van der Waals surface area contributed by atoms with E-state index in [2.05, 4.69) is 25.8 Å². The van der Waals surface area contributed by atoms with Crippen molar-refractivity contribution >= 4 is 11.7 Å². The Balaban J connectivity index is 1.65. The SMILES string of the molecule is C[C@@H]1CN(C(=O)c2ccc3c(c2)C(=O)c2ccccc2-3)C[C@H](C)N1C. The van der Waals surface area contributed by atoms with Crippen LogP contribution in [-0.4, -0.2) is 53.7 Å². The zero-order valence-electron chi connectivity index (χ0n) is 14.8. The summed E-state index contributed by atoms with van der Waals surface area (Å²) in [6.07, 6.45) is 0. The summed E-state index contributed by atoms with van der Waals surface area (Å²) in [6, 6.07) is 13.8. The first-order chi connectivity index (χ1) is 12.0. The van der Waals surface area contributed by atoms with Gasteiger partial charge in [-0.2, -0.15) is 0 Å². The number of likely N-dealkylation sites (N-methyl/N-ethyl adjacent to an activating group) is 1. The van der Waals surface area contributed by atoms with Crippen LogP contribution in [0.25, 0.3) is 11.1 Å². The predicted octanol–water partition coefficient (Wildman–Crippen LogP) is 3.06. The van der Waals surface area contributed by atoms with E-state index < -0.39 is 0 Å². The third-order valence-corrected chi connectivity index (χ3v) is 5.62. The number of rotatable bonds is 1. The molecule has 2 aromatic carbocycles. The summed E-state index contributed by atoms with van der Waals surface area (Å²) in [7, 11) is 2.10. The number of amides is 1. The fourth-order valence-corrected chi connectivity index (χ4v) is 3.91. The van der Waals surface area contributed by atoms with Crippen LogP contribution < -0.4 is 0 Å². The minimum Gasteiger partial charge on any atom is -0.336 e. The van der Waals surface area contributed by atoms with Crippen LogP contribution in [0.5, 0.6) is 0 Å². The van der Waals surface area contributed by atoms with Crippen molar-refractivity contribution in [3.63, 3.8) is 0 Å². The van der Waals surface area contributed by atoms with Crippen LogP contribution in [0.15, 0.2) is 42.5 Å². The third kappa shape index (κ3) is 2.48. The highest BCUT2D eigenvalue weighted by Crippen LogP contribution is 2.36. The first-order valence-corrected chi connectivity index (χ1v) is 8.76. The van der Waals surface area contributed by atoms with Gasteiger partial charge in [-0.25, -0.2) is 0 Å². The minimum absolute atomic E-state index is 0.0124. The molecule has 25 heavy (non-hydrogen) atoms. The summed E-state index contributed by atoms with van der Waals surface area (Å²) < 4.78 is 0. The first kappa shape index (κ1) is 16.0. The molecule has 0 saturated carbocycles. The van der Waals surface area contributed by atoms with Crippen LogP contribution >= 0.6 is 0 Å². The molecule has 4 heteroatoms. The Hall–Kier alpha value is -2.46. The van der Waals surface area contributed by atoms with Gasteiger partial charge in [-0.15, -0.1) is 0 Å². The van der Waals surface area contributed by atoms with Gasteiger partial charge in [0, 0.05) is 41.9 Å². The largest absolute Gasteiger partial charge is 0.336 e. The molecule has 1 aliphatic heterocycles. The number of piperazine rings is 1. The van der Waals surface area contributed by atoms with Gasteiger partial charge in [-0.1, -0.05) is 30.3 Å². The Kier molecular flexibility index (Phi) is 3.73. The molecule has 0 N–H and O–H groups in total. The monoisotopic (exact) mass is 334 g/mol. The molecule has 2 aromatic rings. The van der Waals surface area contributed by atoms with E-state index in [0.29, 0.717) is 36.3 Å². The van der Waals surface area contributed by atoms with E-state index in [4.69, 9.17) is 0 Å². The lowest BCUT2D eigenvalue weighted by molar-refractivity contribution is 0.0414. The van der Waals surface area contributed by atoms with Gasteiger partial charge in [0.1, 0.15) is 0 Å². The van der Waals surface area contributed by atoms with Crippen LogP contribution in [0.1, 0.15) is 40.1 Å². The molecule has 4 rings (SSSR count). The number of fused-ring (bicyclic) bond motifs is 3. The van der Waals surface area contributed by atoms with Crippen molar-refractivity contribution in [2.75, 3.05) is 20.1 Å². The topological polar surface area (TPSA) is 40.6 Å². The van der Waals surface area contributed by atoms with Gasteiger partial charge >= 0.3 is 0 Å². The van der Waals surface area contributed by atoms with Crippen molar-refractivity contribution in [2.45, 2.75) is 25.9 Å². The van der Waals surface area contributed by atoms with E-state index in [-0.39, 0.29) is 11.7 Å². The van der Waals surface area contributed by atoms with Gasteiger partial charge in [-0.3, -0.25) is 14.5 Å². The number of benzene rings is 2. The Morgan fingerprint density at radius 2 is 1.52 bits per heavy atom. The zero-order valence-corrected chi connectivity index (χ0v) is 14.8. The molecule has 1 amide bonds. The molecule has 2 aliphatic rings. The normalized spacial score (nSPS) is 22.7. The summed E-state index contributed by atoms with van der Waals surface area (Å²) in [4.78, 5) is 29.8. The van der Waals surface area contributed by atoms with Gasteiger partial charge < -0.3 is 4.90 Å².